The summed E-state index contributed by atoms with van der Waals surface area (Å²) in [5.74, 6) is 1.03. The Kier molecular flexibility index (Phi) is 8.16. The van der Waals surface area contributed by atoms with Gasteiger partial charge in [-0.2, -0.15) is 0 Å². The Morgan fingerprint density at radius 1 is 1.39 bits per heavy atom. The molecule has 1 unspecified atom stereocenters. The van der Waals surface area contributed by atoms with Crippen LogP contribution < -0.4 is 4.90 Å². The van der Waals surface area contributed by atoms with Crippen molar-refractivity contribution in [2.45, 2.75) is 20.3 Å². The average Bonchev–Trinajstić information content (AvgIpc) is 3.24. The molecule has 33 heavy (non-hydrogen) atoms. The van der Waals surface area contributed by atoms with E-state index in [1.165, 1.54) is 11.1 Å². The van der Waals surface area contributed by atoms with Crippen molar-refractivity contribution in [3.05, 3.63) is 71.3 Å². The summed E-state index contributed by atoms with van der Waals surface area (Å²) in [5.41, 5.74) is 4.86. The molecule has 0 saturated heterocycles. The number of halogens is 1. The number of hydrogen-bond acceptors (Lipinski definition) is 5. The van der Waals surface area contributed by atoms with Gasteiger partial charge in [-0.15, -0.1) is 6.58 Å². The van der Waals surface area contributed by atoms with Crippen LogP contribution in [0.1, 0.15) is 25.8 Å². The van der Waals surface area contributed by atoms with Crippen molar-refractivity contribution in [2.24, 2.45) is 10.9 Å². The summed E-state index contributed by atoms with van der Waals surface area (Å²) in [5, 5.41) is 4.39. The predicted molar refractivity (Wildman–Crippen MR) is 137 cm³/mol. The second kappa shape index (κ2) is 10.9. The first kappa shape index (κ1) is 24.8. The lowest BCUT2D eigenvalue weighted by atomic mass is 9.90. The van der Waals surface area contributed by atoms with Gasteiger partial charge in [-0.1, -0.05) is 49.4 Å². The zero-order chi connectivity index (χ0) is 24.1. The van der Waals surface area contributed by atoms with Crippen LogP contribution in [0, 0.1) is 5.92 Å². The van der Waals surface area contributed by atoms with Gasteiger partial charge in [-0.3, -0.25) is 9.80 Å². The van der Waals surface area contributed by atoms with E-state index in [2.05, 4.69) is 42.2 Å². The van der Waals surface area contributed by atoms with Crippen molar-refractivity contribution < 1.29 is 9.53 Å². The number of rotatable bonds is 8. The number of methoxy groups -OCH3 is 1. The molecule has 176 valence electrons. The SMILES string of the molecule is C=CCN(CC(=O)N(C)N1CC2=C(C1)C(C)CC=C2)c1cc(C(=C)N=C(C)OC)ccc1Cl. The molecule has 1 aliphatic heterocycles. The van der Waals surface area contributed by atoms with Crippen molar-refractivity contribution in [1.82, 2.24) is 10.0 Å². The van der Waals surface area contributed by atoms with Gasteiger partial charge in [0.15, 0.2) is 5.90 Å². The molecule has 1 amide bonds. The number of nitrogens with zero attached hydrogens (tertiary/aromatic N) is 4. The Labute approximate surface area is 202 Å². The van der Waals surface area contributed by atoms with Crippen molar-refractivity contribution in [3.63, 3.8) is 0 Å². The van der Waals surface area contributed by atoms with Gasteiger partial charge in [0.25, 0.3) is 5.91 Å². The van der Waals surface area contributed by atoms with Crippen LogP contribution in [0.2, 0.25) is 5.02 Å². The zero-order valence-electron chi connectivity index (χ0n) is 20.0. The van der Waals surface area contributed by atoms with E-state index >= 15 is 0 Å². The van der Waals surface area contributed by atoms with Crippen LogP contribution in [0.5, 0.6) is 0 Å². The monoisotopic (exact) mass is 468 g/mol. The fraction of sp³-hybridized carbons (Fsp3) is 0.385. The molecule has 0 saturated carbocycles. The van der Waals surface area contributed by atoms with Gasteiger partial charge in [0, 0.05) is 39.2 Å². The van der Waals surface area contributed by atoms with E-state index in [1.807, 2.05) is 24.1 Å². The number of benzene rings is 1. The highest BCUT2D eigenvalue weighted by molar-refractivity contribution is 6.33. The first-order valence-corrected chi connectivity index (χ1v) is 11.5. The molecule has 0 fully saturated rings. The topological polar surface area (TPSA) is 48.4 Å². The quantitative estimate of drug-likeness (QED) is 0.307. The maximum Gasteiger partial charge on any atom is 0.256 e. The van der Waals surface area contributed by atoms with E-state index in [0.717, 1.165) is 30.8 Å². The van der Waals surface area contributed by atoms with E-state index in [9.17, 15) is 4.79 Å². The molecule has 0 spiro atoms. The molecule has 1 heterocycles. The van der Waals surface area contributed by atoms with Crippen molar-refractivity contribution >= 4 is 34.8 Å². The predicted octanol–water partition coefficient (Wildman–Crippen LogP) is 4.95. The first-order chi connectivity index (χ1) is 15.7. The lowest BCUT2D eigenvalue weighted by Crippen LogP contribution is -2.47. The summed E-state index contributed by atoms with van der Waals surface area (Å²) in [4.78, 5) is 19.5. The molecule has 1 aliphatic carbocycles. The molecular weight excluding hydrogens is 436 g/mol. The summed E-state index contributed by atoms with van der Waals surface area (Å²) < 4.78 is 5.13. The maximum atomic E-state index is 13.3. The summed E-state index contributed by atoms with van der Waals surface area (Å²) in [6.45, 7) is 14.1. The normalized spacial score (nSPS) is 18.2. The molecule has 1 aromatic carbocycles. The largest absolute Gasteiger partial charge is 0.484 e. The minimum absolute atomic E-state index is 0.0122. The number of amides is 1. The average molecular weight is 469 g/mol. The van der Waals surface area contributed by atoms with Gasteiger partial charge in [0.05, 0.1) is 30.1 Å². The molecule has 0 bridgehead atoms. The zero-order valence-corrected chi connectivity index (χ0v) is 20.7. The van der Waals surface area contributed by atoms with Gasteiger partial charge in [0.1, 0.15) is 0 Å². The number of carbonyl (C=O) groups is 1. The molecule has 7 heteroatoms. The van der Waals surface area contributed by atoms with Crippen molar-refractivity contribution in [3.8, 4) is 0 Å². The van der Waals surface area contributed by atoms with Crippen molar-refractivity contribution in [1.29, 1.82) is 0 Å². The molecule has 1 atom stereocenters. The number of hydrazine groups is 1. The minimum atomic E-state index is -0.0122. The highest BCUT2D eigenvalue weighted by Gasteiger charge is 2.30. The highest BCUT2D eigenvalue weighted by atomic mass is 35.5. The van der Waals surface area contributed by atoms with Crippen LogP contribution in [-0.2, 0) is 9.53 Å². The molecule has 0 radical (unpaired) electrons. The second-order valence-corrected chi connectivity index (χ2v) is 8.85. The third-order valence-corrected chi connectivity index (χ3v) is 6.51. The number of ether oxygens (including phenoxy) is 1. The van der Waals surface area contributed by atoms with E-state index in [1.54, 1.807) is 31.2 Å². The summed E-state index contributed by atoms with van der Waals surface area (Å²) in [6, 6.07) is 5.55. The molecule has 3 rings (SSSR count). The highest BCUT2D eigenvalue weighted by Crippen LogP contribution is 2.32. The van der Waals surface area contributed by atoms with E-state index in [4.69, 9.17) is 16.3 Å². The summed E-state index contributed by atoms with van der Waals surface area (Å²) >= 11 is 6.54. The third kappa shape index (κ3) is 5.75. The molecule has 2 aliphatic rings. The van der Waals surface area contributed by atoms with E-state index in [-0.39, 0.29) is 12.5 Å². The van der Waals surface area contributed by atoms with Crippen LogP contribution in [0.4, 0.5) is 5.69 Å². The number of carbonyl (C=O) groups excluding carboxylic acids is 1. The summed E-state index contributed by atoms with van der Waals surface area (Å²) in [6.07, 6.45) is 7.25. The van der Waals surface area contributed by atoms with E-state index in [0.29, 0.717) is 29.1 Å². The third-order valence-electron chi connectivity index (χ3n) is 6.19. The Morgan fingerprint density at radius 2 is 2.15 bits per heavy atom. The van der Waals surface area contributed by atoms with Crippen LogP contribution in [0.25, 0.3) is 5.70 Å². The molecule has 1 aromatic rings. The standard InChI is InChI=1S/C26H33ClN4O2/c1-7-13-30(25-14-21(11-12-24(25)27)19(3)28-20(4)33-6)17-26(32)29(5)31-15-22-10-8-9-18(2)23(22)16-31/h7-8,10-12,14,18H,1,3,9,13,15-17H2,2,4-6H3. The van der Waals surface area contributed by atoms with Crippen molar-refractivity contribution in [2.75, 3.05) is 45.2 Å². The Bertz CT molecular complexity index is 1030. The van der Waals surface area contributed by atoms with Gasteiger partial charge in [-0.25, -0.2) is 10.0 Å². The smallest absolute Gasteiger partial charge is 0.256 e. The van der Waals surface area contributed by atoms with Gasteiger partial charge in [0.2, 0.25) is 0 Å². The van der Waals surface area contributed by atoms with Crippen LogP contribution >= 0.6 is 11.6 Å². The Balaban J connectivity index is 1.76. The Morgan fingerprint density at radius 3 is 2.82 bits per heavy atom. The van der Waals surface area contributed by atoms with Crippen LogP contribution in [0.15, 0.2) is 65.7 Å². The number of aliphatic imine (C=N–C) groups is 1. The lowest BCUT2D eigenvalue weighted by molar-refractivity contribution is -0.142. The molecule has 0 N–H and O–H groups in total. The minimum Gasteiger partial charge on any atom is -0.484 e. The van der Waals surface area contributed by atoms with E-state index < -0.39 is 0 Å². The fourth-order valence-corrected chi connectivity index (χ4v) is 4.35. The Hall–Kier alpha value is -2.83. The van der Waals surface area contributed by atoms with Crippen LogP contribution in [-0.4, -0.2) is 62.2 Å². The molecule has 0 aromatic heterocycles. The number of likely N-dealkylation sites (N-methyl/N-ethyl adjacent to an activating group) is 1. The van der Waals surface area contributed by atoms with Crippen LogP contribution in [0.3, 0.4) is 0 Å². The number of anilines is 1. The molecular formula is C26H33ClN4O2. The lowest BCUT2D eigenvalue weighted by Gasteiger charge is -2.32. The van der Waals surface area contributed by atoms with Gasteiger partial charge >= 0.3 is 0 Å². The maximum absolute atomic E-state index is 13.3. The van der Waals surface area contributed by atoms with Gasteiger partial charge < -0.3 is 9.64 Å². The summed E-state index contributed by atoms with van der Waals surface area (Å²) in [7, 11) is 3.40. The number of hydrogen-bond donors (Lipinski definition) is 0. The first-order valence-electron chi connectivity index (χ1n) is 11.1. The van der Waals surface area contributed by atoms with Gasteiger partial charge in [-0.05, 0) is 35.6 Å². The fourth-order valence-electron chi connectivity index (χ4n) is 4.12. The second-order valence-electron chi connectivity index (χ2n) is 8.45. The number of allylic oxidation sites excluding steroid dienone is 1. The molecule has 6 nitrogen and oxygen atoms in total.